The van der Waals surface area contributed by atoms with E-state index in [0.29, 0.717) is 19.9 Å². The molecule has 1 aliphatic heterocycles. The predicted molar refractivity (Wildman–Crippen MR) is 138 cm³/mol. The molecule has 6 nitrogen and oxygen atoms in total. The van der Waals surface area contributed by atoms with Gasteiger partial charge in [0.15, 0.2) is 17.0 Å². The molecule has 0 radical (unpaired) electrons. The zero-order valence-electron chi connectivity index (χ0n) is 19.0. The molecule has 0 amide bonds. The van der Waals surface area contributed by atoms with Gasteiger partial charge in [-0.3, -0.25) is 14.4 Å². The molecule has 0 saturated heterocycles. The zero-order valence-corrected chi connectivity index (χ0v) is 22.2. The van der Waals surface area contributed by atoms with Crippen LogP contribution in [0, 0.1) is 16.6 Å². The van der Waals surface area contributed by atoms with E-state index in [-0.39, 0.29) is 22.5 Å². The Morgan fingerprint density at radius 1 is 0.892 bits per heavy atom. The number of benzene rings is 3. The van der Waals surface area contributed by atoms with E-state index < -0.39 is 45.7 Å². The molecule has 1 saturated carbocycles. The Kier molecular flexibility index (Phi) is 5.20. The summed E-state index contributed by atoms with van der Waals surface area (Å²) in [7, 11) is 0. The fourth-order valence-corrected chi connectivity index (χ4v) is 6.40. The first-order chi connectivity index (χ1) is 17.6. The Morgan fingerprint density at radius 2 is 1.57 bits per heavy atom. The van der Waals surface area contributed by atoms with Gasteiger partial charge in [0.1, 0.15) is 22.7 Å². The van der Waals surface area contributed by atoms with E-state index >= 15 is 0 Å². The molecule has 1 aliphatic carbocycles. The first-order valence-electron chi connectivity index (χ1n) is 11.2. The molecular weight excluding hydrogens is 611 g/mol. The van der Waals surface area contributed by atoms with Crippen LogP contribution in [0.4, 0.5) is 4.39 Å². The van der Waals surface area contributed by atoms with Gasteiger partial charge in [0.2, 0.25) is 0 Å². The molecule has 3 atom stereocenters. The van der Waals surface area contributed by atoms with Crippen LogP contribution in [0.2, 0.25) is 0 Å². The molecular formula is C28H15Br2FO6. The summed E-state index contributed by atoms with van der Waals surface area (Å²) in [5.74, 6) is -3.55. The average Bonchev–Trinajstić information content (AvgIpc) is 3.47. The molecule has 0 spiro atoms. The summed E-state index contributed by atoms with van der Waals surface area (Å²) in [5.41, 5.74) is -4.03. The predicted octanol–water partition coefficient (Wildman–Crippen LogP) is 6.23. The van der Waals surface area contributed by atoms with Crippen LogP contribution in [0.5, 0.6) is 5.75 Å². The lowest BCUT2D eigenvalue weighted by Crippen LogP contribution is -2.40. The van der Waals surface area contributed by atoms with Crippen LogP contribution in [0.25, 0.3) is 11.0 Å². The summed E-state index contributed by atoms with van der Waals surface area (Å²) in [6.07, 6.45) is 0. The Labute approximate surface area is 225 Å². The number of ether oxygens (including phenoxy) is 1. The summed E-state index contributed by atoms with van der Waals surface area (Å²) in [6.45, 7) is 1.51. The highest BCUT2D eigenvalue weighted by Gasteiger charge is 2.87. The van der Waals surface area contributed by atoms with Gasteiger partial charge in [0.05, 0.1) is 5.41 Å². The SMILES string of the molecule is C[C@@]1(C(=O)c2ccc(F)cc2)[C@H]2c3cc(Br)ccc3OC(=O)[C@@]21C(=O)c1cc2cc(Br)ccc2oc1=O. The number of Topliss-reactive ketones (excluding diaryl/α,β-unsaturated/α-hetero) is 2. The van der Waals surface area contributed by atoms with Crippen molar-refractivity contribution in [3.05, 3.63) is 109 Å². The van der Waals surface area contributed by atoms with Crippen LogP contribution in [0.3, 0.4) is 0 Å². The Balaban J connectivity index is 1.59. The van der Waals surface area contributed by atoms with Crippen molar-refractivity contribution < 1.29 is 27.9 Å². The van der Waals surface area contributed by atoms with Gasteiger partial charge in [-0.25, -0.2) is 9.18 Å². The van der Waals surface area contributed by atoms with Crippen LogP contribution in [0.1, 0.15) is 39.1 Å². The van der Waals surface area contributed by atoms with Gasteiger partial charge in [-0.15, -0.1) is 0 Å². The molecule has 0 N–H and O–H groups in total. The van der Waals surface area contributed by atoms with Crippen molar-refractivity contribution in [1.29, 1.82) is 0 Å². The fraction of sp³-hybridized carbons (Fsp3) is 0.143. The number of ketones is 2. The Hall–Kier alpha value is -3.43. The van der Waals surface area contributed by atoms with Crippen LogP contribution < -0.4 is 10.4 Å². The van der Waals surface area contributed by atoms with E-state index in [0.717, 1.165) is 12.1 Å². The molecule has 6 rings (SSSR count). The minimum absolute atomic E-state index is 0.129. The maximum absolute atomic E-state index is 14.2. The molecule has 0 bridgehead atoms. The minimum Gasteiger partial charge on any atom is -0.425 e. The summed E-state index contributed by atoms with van der Waals surface area (Å²) in [4.78, 5) is 54.8. The molecule has 0 unspecified atom stereocenters. The maximum Gasteiger partial charge on any atom is 0.347 e. The quantitative estimate of drug-likeness (QED) is 0.0878. The lowest BCUT2D eigenvalue weighted by Gasteiger charge is -2.22. The Bertz CT molecular complexity index is 1740. The van der Waals surface area contributed by atoms with E-state index in [1.165, 1.54) is 25.1 Å². The van der Waals surface area contributed by atoms with Gasteiger partial charge in [-0.05, 0) is 66.7 Å². The third kappa shape index (κ3) is 3.20. The molecule has 1 aromatic heterocycles. The summed E-state index contributed by atoms with van der Waals surface area (Å²) < 4.78 is 25.9. The second kappa shape index (κ2) is 8.03. The van der Waals surface area contributed by atoms with Crippen LogP contribution in [-0.2, 0) is 4.79 Å². The molecule has 2 aliphatic rings. The largest absolute Gasteiger partial charge is 0.425 e. The van der Waals surface area contributed by atoms with Gasteiger partial charge in [-0.2, -0.15) is 0 Å². The maximum atomic E-state index is 14.2. The summed E-state index contributed by atoms with van der Waals surface area (Å²) in [5, 5.41) is 0.463. The number of carbonyl (C=O) groups excluding carboxylic acids is 3. The normalized spacial score (nSPS) is 23.7. The number of carbonyl (C=O) groups is 3. The van der Waals surface area contributed by atoms with E-state index in [9.17, 15) is 23.6 Å². The van der Waals surface area contributed by atoms with E-state index in [4.69, 9.17) is 9.15 Å². The number of halogens is 3. The Morgan fingerprint density at radius 3 is 2.30 bits per heavy atom. The van der Waals surface area contributed by atoms with Crippen molar-refractivity contribution in [3.8, 4) is 5.75 Å². The van der Waals surface area contributed by atoms with Gasteiger partial charge >= 0.3 is 11.6 Å². The lowest BCUT2D eigenvalue weighted by atomic mass is 9.82. The van der Waals surface area contributed by atoms with Crippen LogP contribution in [0.15, 0.2) is 84.9 Å². The molecule has 9 heteroatoms. The van der Waals surface area contributed by atoms with Crippen molar-refractivity contribution in [2.24, 2.45) is 10.8 Å². The fourth-order valence-electron chi connectivity index (χ4n) is 5.65. The summed E-state index contributed by atoms with van der Waals surface area (Å²) >= 11 is 6.76. The van der Waals surface area contributed by atoms with Crippen molar-refractivity contribution in [2.45, 2.75) is 12.8 Å². The van der Waals surface area contributed by atoms with Crippen molar-refractivity contribution in [2.75, 3.05) is 0 Å². The monoisotopic (exact) mass is 624 g/mol. The molecule has 37 heavy (non-hydrogen) atoms. The van der Waals surface area contributed by atoms with Crippen molar-refractivity contribution in [1.82, 2.24) is 0 Å². The number of hydrogen-bond acceptors (Lipinski definition) is 6. The number of fused-ring (bicyclic) bond motifs is 4. The first-order valence-corrected chi connectivity index (χ1v) is 12.8. The van der Waals surface area contributed by atoms with Crippen molar-refractivity contribution >= 4 is 60.4 Å². The topological polar surface area (TPSA) is 90.7 Å². The second-order valence-corrected chi connectivity index (χ2v) is 11.1. The van der Waals surface area contributed by atoms with Crippen molar-refractivity contribution in [3.63, 3.8) is 0 Å². The third-order valence-corrected chi connectivity index (χ3v) is 8.42. The van der Waals surface area contributed by atoms with Gasteiger partial charge in [0, 0.05) is 31.4 Å². The molecule has 3 aromatic carbocycles. The number of esters is 1. The van der Waals surface area contributed by atoms with E-state index in [2.05, 4.69) is 31.9 Å². The van der Waals surface area contributed by atoms with Gasteiger partial charge in [-0.1, -0.05) is 38.8 Å². The minimum atomic E-state index is -2.01. The van der Waals surface area contributed by atoms with E-state index in [1.54, 1.807) is 36.4 Å². The van der Waals surface area contributed by atoms with Gasteiger partial charge in [0.25, 0.3) is 0 Å². The molecule has 4 aromatic rings. The highest BCUT2D eigenvalue weighted by molar-refractivity contribution is 9.10. The number of rotatable bonds is 4. The van der Waals surface area contributed by atoms with Gasteiger partial charge < -0.3 is 9.15 Å². The average molecular weight is 626 g/mol. The molecule has 2 heterocycles. The highest BCUT2D eigenvalue weighted by Crippen LogP contribution is 2.79. The van der Waals surface area contributed by atoms with Crippen LogP contribution in [-0.4, -0.2) is 17.5 Å². The smallest absolute Gasteiger partial charge is 0.347 e. The summed E-state index contributed by atoms with van der Waals surface area (Å²) in [6, 6.07) is 16.1. The third-order valence-electron chi connectivity index (χ3n) is 7.43. The standard InChI is InChI=1S/C28H15Br2FO6/c1-27(23(32)13-2-6-17(31)7-3-13)22-18-12-16(30)5-9-21(18)37-26(35)28(22,27)24(33)19-11-14-10-15(29)4-8-20(14)36-25(19)34/h2-12,22H,1H3/t22-,27+,28+/m1/s1. The number of hydrogen-bond donors (Lipinski definition) is 0. The molecule has 1 fully saturated rings. The zero-order chi connectivity index (χ0) is 26.3. The first kappa shape index (κ1) is 23.9. The lowest BCUT2D eigenvalue weighted by molar-refractivity contribution is -0.140. The molecule has 184 valence electrons. The van der Waals surface area contributed by atoms with Crippen LogP contribution >= 0.6 is 31.9 Å². The second-order valence-electron chi connectivity index (χ2n) is 9.31. The van der Waals surface area contributed by atoms with E-state index in [1.807, 2.05) is 0 Å². The highest BCUT2D eigenvalue weighted by atomic mass is 79.9.